The topological polar surface area (TPSA) is 79.8 Å². The summed E-state index contributed by atoms with van der Waals surface area (Å²) in [6.45, 7) is 10.6. The average Bonchev–Trinajstić information content (AvgIpc) is 3.03. The fraction of sp³-hybridized carbons (Fsp3) is 0.409. The Morgan fingerprint density at radius 1 is 1.21 bits per heavy atom. The lowest BCUT2D eigenvalue weighted by molar-refractivity contribution is -0.119. The van der Waals surface area contributed by atoms with Gasteiger partial charge in [-0.05, 0) is 38.3 Å². The van der Waals surface area contributed by atoms with E-state index in [4.69, 9.17) is 0 Å². The fourth-order valence-corrected chi connectivity index (χ4v) is 4.02. The number of H-pyrrole nitrogens is 1. The van der Waals surface area contributed by atoms with E-state index in [0.29, 0.717) is 22.7 Å². The van der Waals surface area contributed by atoms with Crippen molar-refractivity contribution >= 4 is 28.7 Å². The van der Waals surface area contributed by atoms with E-state index >= 15 is 0 Å². The van der Waals surface area contributed by atoms with E-state index in [1.807, 2.05) is 51.1 Å². The molecule has 0 unspecified atom stereocenters. The average molecular weight is 413 g/mol. The molecule has 0 aliphatic carbocycles. The molecule has 29 heavy (non-hydrogen) atoms. The number of aromatic nitrogens is 3. The third kappa shape index (κ3) is 5.09. The van der Waals surface area contributed by atoms with Crippen LogP contribution in [-0.2, 0) is 11.3 Å². The summed E-state index contributed by atoms with van der Waals surface area (Å²) in [6, 6.07) is 9.91. The van der Waals surface area contributed by atoms with Crippen LogP contribution in [0.25, 0.3) is 11.0 Å². The van der Waals surface area contributed by atoms with Gasteiger partial charge in [-0.1, -0.05) is 55.4 Å². The maximum atomic E-state index is 12.9. The van der Waals surface area contributed by atoms with Gasteiger partial charge in [-0.3, -0.25) is 14.2 Å². The van der Waals surface area contributed by atoms with Crippen molar-refractivity contribution in [3.8, 4) is 0 Å². The lowest BCUT2D eigenvalue weighted by atomic mass is 10.1. The summed E-state index contributed by atoms with van der Waals surface area (Å²) in [5.41, 5.74) is 4.22. The van der Waals surface area contributed by atoms with Crippen LogP contribution in [0.15, 0.2) is 40.3 Å². The molecule has 1 atom stereocenters. The number of amides is 1. The standard InChI is InChI=1S/C22H28N4O2S/c1-13(2)11-26-21(28)20-18(10-15(4)23-20)25-22(26)29-12-19(27)24-16(5)17-8-6-14(3)7-9-17/h6-10,13,16,23H,11-12H2,1-5H3,(H,24,27)/t16-/m0/s1. The number of carbonyl (C=O) groups excluding carboxylic acids is 1. The lowest BCUT2D eigenvalue weighted by Gasteiger charge is -2.16. The molecule has 3 rings (SSSR count). The van der Waals surface area contributed by atoms with Crippen LogP contribution < -0.4 is 10.9 Å². The molecule has 0 spiro atoms. The second-order valence-electron chi connectivity index (χ2n) is 7.91. The lowest BCUT2D eigenvalue weighted by Crippen LogP contribution is -2.29. The van der Waals surface area contributed by atoms with Gasteiger partial charge in [0.1, 0.15) is 5.52 Å². The molecule has 2 heterocycles. The van der Waals surface area contributed by atoms with Gasteiger partial charge in [0.2, 0.25) is 5.91 Å². The molecular formula is C22H28N4O2S. The molecule has 2 aromatic heterocycles. The van der Waals surface area contributed by atoms with Gasteiger partial charge in [0, 0.05) is 12.2 Å². The molecule has 1 aromatic carbocycles. The minimum atomic E-state index is -0.0901. The highest BCUT2D eigenvalue weighted by atomic mass is 32.2. The van der Waals surface area contributed by atoms with E-state index in [1.165, 1.54) is 17.3 Å². The van der Waals surface area contributed by atoms with Crippen molar-refractivity contribution in [2.45, 2.75) is 52.4 Å². The summed E-state index contributed by atoms with van der Waals surface area (Å²) >= 11 is 1.30. The van der Waals surface area contributed by atoms with Gasteiger partial charge < -0.3 is 10.3 Å². The summed E-state index contributed by atoms with van der Waals surface area (Å²) in [7, 11) is 0. The van der Waals surface area contributed by atoms with Crippen LogP contribution in [0.3, 0.4) is 0 Å². The van der Waals surface area contributed by atoms with E-state index in [9.17, 15) is 9.59 Å². The molecule has 1 amide bonds. The Morgan fingerprint density at radius 2 is 1.90 bits per heavy atom. The first-order chi connectivity index (χ1) is 13.7. The zero-order valence-electron chi connectivity index (χ0n) is 17.6. The van der Waals surface area contributed by atoms with Gasteiger partial charge in [-0.25, -0.2) is 4.98 Å². The van der Waals surface area contributed by atoms with Crippen molar-refractivity contribution in [1.29, 1.82) is 0 Å². The van der Waals surface area contributed by atoms with E-state index in [2.05, 4.69) is 29.1 Å². The minimum Gasteiger partial charge on any atom is -0.353 e. The number of hydrogen-bond donors (Lipinski definition) is 2. The highest BCUT2D eigenvalue weighted by Crippen LogP contribution is 2.20. The fourth-order valence-electron chi connectivity index (χ4n) is 3.20. The third-order valence-corrected chi connectivity index (χ3v) is 5.65. The molecule has 6 nitrogen and oxygen atoms in total. The van der Waals surface area contributed by atoms with E-state index < -0.39 is 0 Å². The normalized spacial score (nSPS) is 12.5. The molecule has 0 saturated carbocycles. The molecule has 3 aromatic rings. The Labute approximate surface area is 175 Å². The van der Waals surface area contributed by atoms with E-state index in [-0.39, 0.29) is 29.2 Å². The largest absolute Gasteiger partial charge is 0.353 e. The number of hydrogen-bond acceptors (Lipinski definition) is 4. The van der Waals surface area contributed by atoms with Crippen LogP contribution in [0.4, 0.5) is 0 Å². The highest BCUT2D eigenvalue weighted by Gasteiger charge is 2.16. The number of aryl methyl sites for hydroxylation is 2. The molecule has 0 aliphatic rings. The Bertz CT molecular complexity index is 1070. The molecule has 0 aliphatic heterocycles. The molecule has 0 saturated heterocycles. The van der Waals surface area contributed by atoms with Crippen molar-refractivity contribution in [3.05, 3.63) is 57.5 Å². The predicted molar refractivity (Wildman–Crippen MR) is 118 cm³/mol. The van der Waals surface area contributed by atoms with Crippen molar-refractivity contribution in [1.82, 2.24) is 19.9 Å². The smallest absolute Gasteiger partial charge is 0.278 e. The van der Waals surface area contributed by atoms with Crippen molar-refractivity contribution < 1.29 is 4.79 Å². The Kier molecular flexibility index (Phi) is 6.47. The summed E-state index contributed by atoms with van der Waals surface area (Å²) in [4.78, 5) is 33.2. The summed E-state index contributed by atoms with van der Waals surface area (Å²) in [5.74, 6) is 0.409. The predicted octanol–water partition coefficient (Wildman–Crippen LogP) is 3.97. The maximum Gasteiger partial charge on any atom is 0.278 e. The van der Waals surface area contributed by atoms with Gasteiger partial charge in [0.25, 0.3) is 5.56 Å². The summed E-state index contributed by atoms with van der Waals surface area (Å²) in [5, 5.41) is 3.60. The molecule has 0 radical (unpaired) electrons. The van der Waals surface area contributed by atoms with Crippen molar-refractivity contribution in [3.63, 3.8) is 0 Å². The Balaban J connectivity index is 1.75. The molecule has 2 N–H and O–H groups in total. The SMILES string of the molecule is Cc1ccc([C@H](C)NC(=O)CSc2nc3cc(C)[nH]c3c(=O)n2CC(C)C)cc1. The van der Waals surface area contributed by atoms with Gasteiger partial charge in [0.05, 0.1) is 17.3 Å². The van der Waals surface area contributed by atoms with Crippen LogP contribution in [0.2, 0.25) is 0 Å². The number of rotatable bonds is 7. The number of carbonyl (C=O) groups is 1. The Hall–Kier alpha value is -2.54. The highest BCUT2D eigenvalue weighted by molar-refractivity contribution is 7.99. The van der Waals surface area contributed by atoms with Gasteiger partial charge in [0.15, 0.2) is 5.16 Å². The first kappa shape index (κ1) is 21.2. The molecule has 7 heteroatoms. The maximum absolute atomic E-state index is 12.9. The number of benzene rings is 1. The molecule has 0 fully saturated rings. The van der Waals surface area contributed by atoms with E-state index in [1.54, 1.807) is 4.57 Å². The minimum absolute atomic E-state index is 0.0793. The van der Waals surface area contributed by atoms with E-state index in [0.717, 1.165) is 11.3 Å². The summed E-state index contributed by atoms with van der Waals surface area (Å²) in [6.07, 6.45) is 0. The van der Waals surface area contributed by atoms with Crippen LogP contribution >= 0.6 is 11.8 Å². The summed E-state index contributed by atoms with van der Waals surface area (Å²) < 4.78 is 1.67. The second-order valence-corrected chi connectivity index (χ2v) is 8.85. The van der Waals surface area contributed by atoms with Crippen LogP contribution in [0.5, 0.6) is 0 Å². The second kappa shape index (κ2) is 8.86. The van der Waals surface area contributed by atoms with Gasteiger partial charge >= 0.3 is 0 Å². The van der Waals surface area contributed by atoms with Crippen LogP contribution in [-0.4, -0.2) is 26.2 Å². The van der Waals surface area contributed by atoms with Crippen LogP contribution in [0, 0.1) is 19.8 Å². The number of aromatic amines is 1. The number of thioether (sulfide) groups is 1. The zero-order chi connectivity index (χ0) is 21.1. The first-order valence-corrected chi connectivity index (χ1v) is 10.8. The Morgan fingerprint density at radius 3 is 2.55 bits per heavy atom. The third-order valence-electron chi connectivity index (χ3n) is 4.67. The number of nitrogens with zero attached hydrogens (tertiary/aromatic N) is 2. The quantitative estimate of drug-likeness (QED) is 0.455. The number of nitrogens with one attached hydrogen (secondary N) is 2. The first-order valence-electron chi connectivity index (χ1n) is 9.83. The van der Waals surface area contributed by atoms with Crippen molar-refractivity contribution in [2.75, 3.05) is 5.75 Å². The van der Waals surface area contributed by atoms with Gasteiger partial charge in [-0.2, -0.15) is 0 Å². The molecular weight excluding hydrogens is 384 g/mol. The molecule has 0 bridgehead atoms. The molecule has 154 valence electrons. The van der Waals surface area contributed by atoms with Crippen molar-refractivity contribution in [2.24, 2.45) is 5.92 Å². The number of fused-ring (bicyclic) bond motifs is 1. The van der Waals surface area contributed by atoms with Crippen LogP contribution in [0.1, 0.15) is 43.6 Å². The van der Waals surface area contributed by atoms with Gasteiger partial charge in [-0.15, -0.1) is 0 Å². The monoisotopic (exact) mass is 412 g/mol. The zero-order valence-corrected chi connectivity index (χ0v) is 18.4.